The van der Waals surface area contributed by atoms with Crippen molar-refractivity contribution >= 4 is 75.2 Å². The van der Waals surface area contributed by atoms with Crippen LogP contribution in [0.5, 0.6) is 0 Å². The largest absolute Gasteiger partial charge is 0.477 e. The van der Waals surface area contributed by atoms with E-state index in [0.29, 0.717) is 16.4 Å². The second kappa shape index (κ2) is 10.7. The highest BCUT2D eigenvalue weighted by atomic mass is 32.2. The molecule has 16 nitrogen and oxygen atoms in total. The number of thioether (sulfide) groups is 2. The molecule has 0 bridgehead atoms. The number of carboxylic acid groups (broad SMARTS) is 2. The Bertz CT molecular complexity index is 1630. The van der Waals surface area contributed by atoms with Gasteiger partial charge in [0.1, 0.15) is 35.7 Å². The van der Waals surface area contributed by atoms with Gasteiger partial charge in [-0.15, -0.1) is 45.1 Å². The van der Waals surface area contributed by atoms with Crippen LogP contribution in [-0.4, -0.2) is 99.2 Å². The van der Waals surface area contributed by atoms with Crippen LogP contribution < -0.4 is 11.1 Å². The van der Waals surface area contributed by atoms with Crippen LogP contribution >= 0.6 is 34.9 Å². The third-order valence-electron chi connectivity index (χ3n) is 5.82. The van der Waals surface area contributed by atoms with Crippen molar-refractivity contribution in [3.8, 4) is 0 Å². The monoisotopic (exact) mass is 605 g/mol. The first kappa shape index (κ1) is 27.3. The summed E-state index contributed by atoms with van der Waals surface area (Å²) in [5.41, 5.74) is 5.67. The number of fused-ring (bicyclic) bond motifs is 2. The van der Waals surface area contributed by atoms with Gasteiger partial charge in [-0.25, -0.2) is 19.6 Å². The van der Waals surface area contributed by atoms with Gasteiger partial charge >= 0.3 is 11.9 Å². The van der Waals surface area contributed by atoms with E-state index >= 15 is 0 Å². The number of hydrogen-bond acceptors (Lipinski definition) is 14. The van der Waals surface area contributed by atoms with Crippen molar-refractivity contribution in [1.82, 2.24) is 34.8 Å². The van der Waals surface area contributed by atoms with E-state index in [2.05, 4.69) is 30.6 Å². The Labute approximate surface area is 236 Å². The number of aliphatic carboxylic acids is 1. The Morgan fingerprint density at radius 1 is 1.25 bits per heavy atom. The fourth-order valence-electron chi connectivity index (χ4n) is 4.08. The molecule has 1 saturated heterocycles. The number of nitrogens with zero attached hydrogens (tertiary/aromatic N) is 7. The van der Waals surface area contributed by atoms with Gasteiger partial charge in [-0.2, -0.15) is 0 Å². The molecular formula is C21H19N9O7S3. The number of oxime groups is 1. The first-order chi connectivity index (χ1) is 19.1. The van der Waals surface area contributed by atoms with E-state index < -0.39 is 35.2 Å². The molecule has 208 valence electrons. The summed E-state index contributed by atoms with van der Waals surface area (Å²) in [5, 5.41) is 35.0. The van der Waals surface area contributed by atoms with Crippen LogP contribution in [0, 0.1) is 6.92 Å². The molecule has 2 atom stereocenters. The molecule has 0 spiro atoms. The van der Waals surface area contributed by atoms with Gasteiger partial charge in [0.15, 0.2) is 16.5 Å². The summed E-state index contributed by atoms with van der Waals surface area (Å²) in [6, 6.07) is 0.350. The molecule has 5 rings (SSSR count). The number of aromatic carboxylic acids is 1. The van der Waals surface area contributed by atoms with Crippen molar-refractivity contribution in [2.75, 3.05) is 24.3 Å². The number of carboxylic acids is 2. The highest BCUT2D eigenvalue weighted by Gasteiger charge is 2.54. The van der Waals surface area contributed by atoms with E-state index in [4.69, 9.17) is 10.6 Å². The van der Waals surface area contributed by atoms with Gasteiger partial charge in [-0.3, -0.25) is 18.9 Å². The fraction of sp³-hybridized carbons (Fsp3) is 0.286. The van der Waals surface area contributed by atoms with E-state index in [0.717, 1.165) is 16.2 Å². The minimum Gasteiger partial charge on any atom is -0.477 e. The van der Waals surface area contributed by atoms with Crippen molar-refractivity contribution < 1.29 is 34.2 Å². The molecule has 2 aliphatic heterocycles. The van der Waals surface area contributed by atoms with Crippen molar-refractivity contribution in [2.45, 2.75) is 23.4 Å². The third-order valence-corrected chi connectivity index (χ3v) is 8.92. The Balaban J connectivity index is 1.36. The third kappa shape index (κ3) is 4.82. The highest BCUT2D eigenvalue weighted by Crippen LogP contribution is 2.41. The van der Waals surface area contributed by atoms with Crippen LogP contribution in [0.2, 0.25) is 0 Å². The first-order valence-electron chi connectivity index (χ1n) is 11.2. The minimum absolute atomic E-state index is 0.0960. The van der Waals surface area contributed by atoms with Crippen LogP contribution in [-0.2, 0) is 19.2 Å². The molecule has 3 aromatic rings. The lowest BCUT2D eigenvalue weighted by Crippen LogP contribution is -2.71. The van der Waals surface area contributed by atoms with Gasteiger partial charge in [-0.05, 0) is 12.5 Å². The number of rotatable bonds is 9. The molecule has 0 radical (unpaired) electrons. The van der Waals surface area contributed by atoms with Gasteiger partial charge in [0, 0.05) is 23.0 Å². The molecule has 19 heteroatoms. The van der Waals surface area contributed by atoms with Crippen LogP contribution in [0.1, 0.15) is 22.0 Å². The summed E-state index contributed by atoms with van der Waals surface area (Å²) in [6.07, 6.45) is 0. The summed E-state index contributed by atoms with van der Waals surface area (Å²) in [4.78, 5) is 63.7. The van der Waals surface area contributed by atoms with Crippen LogP contribution in [0.4, 0.5) is 5.13 Å². The lowest BCUT2D eigenvalue weighted by Gasteiger charge is -2.49. The van der Waals surface area contributed by atoms with Crippen LogP contribution in [0.25, 0.3) is 5.78 Å². The molecule has 2 aliphatic rings. The smallest absolute Gasteiger partial charge is 0.354 e. The second-order valence-corrected chi connectivity index (χ2v) is 11.3. The number of carbonyl (C=O) groups is 4. The molecule has 3 aromatic heterocycles. The number of aryl methyl sites for hydroxylation is 1. The lowest BCUT2D eigenvalue weighted by atomic mass is 10.0. The Kier molecular flexibility index (Phi) is 7.34. The van der Waals surface area contributed by atoms with E-state index in [-0.39, 0.29) is 45.2 Å². The average Bonchev–Trinajstić information content (AvgIpc) is 3.53. The number of nitrogen functional groups attached to an aromatic ring is 1. The average molecular weight is 606 g/mol. The zero-order valence-electron chi connectivity index (χ0n) is 20.6. The summed E-state index contributed by atoms with van der Waals surface area (Å²) in [7, 11) is 1.25. The molecule has 2 amide bonds. The highest BCUT2D eigenvalue weighted by molar-refractivity contribution is 8.01. The zero-order valence-corrected chi connectivity index (χ0v) is 23.0. The Morgan fingerprint density at radius 2 is 2.02 bits per heavy atom. The van der Waals surface area contributed by atoms with E-state index in [9.17, 15) is 29.4 Å². The molecular weight excluding hydrogens is 586 g/mol. The van der Waals surface area contributed by atoms with Gasteiger partial charge in [-0.1, -0.05) is 5.16 Å². The number of hydrogen-bond donors (Lipinski definition) is 4. The fourth-order valence-corrected chi connectivity index (χ4v) is 7.20. The van der Waals surface area contributed by atoms with Gasteiger partial charge < -0.3 is 26.1 Å². The quantitative estimate of drug-likeness (QED) is 0.0831. The number of nitrogens with one attached hydrogen (secondary N) is 1. The number of aromatic nitrogens is 5. The van der Waals surface area contributed by atoms with E-state index in [1.54, 1.807) is 11.3 Å². The molecule has 1 fully saturated rings. The maximum Gasteiger partial charge on any atom is 0.354 e. The van der Waals surface area contributed by atoms with Gasteiger partial charge in [0.25, 0.3) is 17.6 Å². The molecule has 0 aromatic carbocycles. The molecule has 5 N–H and O–H groups in total. The standard InChI is InChI=1S/C21H19N9O7S3/c1-7-26-27-21-24-9(18(33)34)3-11(29(7)21)38-4-8-5-39-17-13(16(32)30(17)14(8)19(35)36)25-15(31)12(28-37-2)10-6-40-20(22)23-10/h3,6,13,17H,4-5H2,1-2H3,(H2,22,23)(H,25,31)(H,33,34)(H,35,36)/t13-,17-/m1/s1. The van der Waals surface area contributed by atoms with Crippen molar-refractivity contribution in [2.24, 2.45) is 5.16 Å². The number of amides is 2. The van der Waals surface area contributed by atoms with Crippen molar-refractivity contribution in [3.63, 3.8) is 0 Å². The molecule has 0 saturated carbocycles. The van der Waals surface area contributed by atoms with Gasteiger partial charge in [0.2, 0.25) is 0 Å². The van der Waals surface area contributed by atoms with Crippen LogP contribution in [0.15, 0.2) is 32.9 Å². The molecule has 5 heterocycles. The van der Waals surface area contributed by atoms with Crippen molar-refractivity contribution in [3.05, 3.63) is 39.9 Å². The lowest BCUT2D eigenvalue weighted by molar-refractivity contribution is -0.150. The zero-order chi connectivity index (χ0) is 28.7. The predicted octanol–water partition coefficient (Wildman–Crippen LogP) is 0.0510. The number of carbonyl (C=O) groups excluding carboxylic acids is 2. The number of thiazole rings is 1. The number of anilines is 1. The Hall–Kier alpha value is -4.23. The second-order valence-electron chi connectivity index (χ2n) is 8.27. The number of β-lactam (4-membered cyclic amide) rings is 1. The normalized spacial score (nSPS) is 18.9. The maximum atomic E-state index is 13.1. The summed E-state index contributed by atoms with van der Waals surface area (Å²) in [5.74, 6) is -2.93. The van der Waals surface area contributed by atoms with E-state index in [1.807, 2.05) is 0 Å². The first-order valence-corrected chi connectivity index (χ1v) is 14.1. The van der Waals surface area contributed by atoms with Crippen LogP contribution in [0.3, 0.4) is 0 Å². The molecule has 40 heavy (non-hydrogen) atoms. The summed E-state index contributed by atoms with van der Waals surface area (Å²) >= 11 is 3.56. The molecule has 0 aliphatic carbocycles. The summed E-state index contributed by atoms with van der Waals surface area (Å²) in [6.45, 7) is 1.68. The predicted molar refractivity (Wildman–Crippen MR) is 143 cm³/mol. The van der Waals surface area contributed by atoms with Gasteiger partial charge in [0.05, 0.1) is 5.03 Å². The topological polar surface area (TPSA) is 228 Å². The van der Waals surface area contributed by atoms with Crippen molar-refractivity contribution in [1.29, 1.82) is 0 Å². The van der Waals surface area contributed by atoms with E-state index in [1.165, 1.54) is 42.1 Å². The summed E-state index contributed by atoms with van der Waals surface area (Å²) < 4.78 is 1.56. The molecule has 0 unspecified atom stereocenters. The Morgan fingerprint density at radius 3 is 2.67 bits per heavy atom. The number of nitrogens with two attached hydrogens (primary N) is 1. The maximum absolute atomic E-state index is 13.1. The SMILES string of the molecule is CON=C(C(=O)N[C@@H]1C(=O)N2C(C(=O)O)=C(CSc3cc(C(=O)O)nc4nnc(C)n34)CS[C@H]12)c1csc(N)n1. The minimum atomic E-state index is -1.30.